The van der Waals surface area contributed by atoms with Gasteiger partial charge in [0.05, 0.1) is 12.7 Å². The minimum Gasteiger partial charge on any atom is -0.392 e. The van der Waals surface area contributed by atoms with Crippen LogP contribution in [0.4, 0.5) is 0 Å². The molecule has 3 aliphatic rings. The predicted molar refractivity (Wildman–Crippen MR) is 99.9 cm³/mol. The third-order valence-electron chi connectivity index (χ3n) is 7.03. The number of fused-ring (bicyclic) bond motifs is 3. The van der Waals surface area contributed by atoms with E-state index < -0.39 is 28.7 Å². The molecule has 4 N–H and O–H groups in total. The first-order valence-corrected chi connectivity index (χ1v) is 9.76. The van der Waals surface area contributed by atoms with Crippen LogP contribution in [0.25, 0.3) is 0 Å². The molecule has 0 unspecified atom stereocenters. The highest BCUT2D eigenvalue weighted by atomic mass is 16.5. The molecule has 6 heteroatoms. The maximum Gasteiger partial charge on any atom is 0.197 e. The molecule has 0 aliphatic heterocycles. The van der Waals surface area contributed by atoms with Crippen LogP contribution < -0.4 is 0 Å². The second-order valence-corrected chi connectivity index (χ2v) is 9.05. The SMILES string of the molecule is COC[C@@]1(O)CC[C@@H]2C1=C[C@@]1(O)C(=O)C(C(C)C)=C(C[C@H](O)[C@@H]2C)[C@@]1(C)O. The number of aliphatic hydroxyl groups is 4. The van der Waals surface area contributed by atoms with Gasteiger partial charge in [0.25, 0.3) is 0 Å². The molecule has 3 aliphatic carbocycles. The first kappa shape index (κ1) is 20.7. The molecule has 0 heterocycles. The van der Waals surface area contributed by atoms with Gasteiger partial charge in [0.15, 0.2) is 11.4 Å². The van der Waals surface area contributed by atoms with Gasteiger partial charge in [-0.2, -0.15) is 0 Å². The van der Waals surface area contributed by atoms with Crippen molar-refractivity contribution < 1.29 is 30.0 Å². The molecule has 27 heavy (non-hydrogen) atoms. The highest BCUT2D eigenvalue weighted by molar-refractivity contribution is 6.09. The molecular weight excluding hydrogens is 348 g/mol. The molecule has 1 saturated carbocycles. The lowest BCUT2D eigenvalue weighted by Crippen LogP contribution is -2.54. The Kier molecular flexibility index (Phi) is 4.97. The van der Waals surface area contributed by atoms with Crippen molar-refractivity contribution in [3.8, 4) is 0 Å². The number of methoxy groups -OCH3 is 1. The summed E-state index contributed by atoms with van der Waals surface area (Å²) in [5.74, 6) is -1.14. The van der Waals surface area contributed by atoms with E-state index in [1.807, 2.05) is 20.8 Å². The molecule has 0 aromatic rings. The molecule has 3 rings (SSSR count). The van der Waals surface area contributed by atoms with Crippen LogP contribution in [0, 0.1) is 17.8 Å². The highest BCUT2D eigenvalue weighted by Gasteiger charge is 2.62. The van der Waals surface area contributed by atoms with Crippen molar-refractivity contribution in [2.45, 2.75) is 69.9 Å². The topological polar surface area (TPSA) is 107 Å². The van der Waals surface area contributed by atoms with E-state index in [1.54, 1.807) is 0 Å². The number of carbonyl (C=O) groups is 1. The van der Waals surface area contributed by atoms with Gasteiger partial charge in [-0.05, 0) is 61.2 Å². The molecule has 0 saturated heterocycles. The van der Waals surface area contributed by atoms with E-state index >= 15 is 0 Å². The Balaban J connectivity index is 2.27. The summed E-state index contributed by atoms with van der Waals surface area (Å²) in [6.07, 6.45) is 1.73. The number of hydrogen-bond donors (Lipinski definition) is 4. The van der Waals surface area contributed by atoms with Gasteiger partial charge in [0.2, 0.25) is 0 Å². The first-order valence-electron chi connectivity index (χ1n) is 9.76. The van der Waals surface area contributed by atoms with Crippen LogP contribution in [0.15, 0.2) is 22.8 Å². The van der Waals surface area contributed by atoms with Crippen LogP contribution in [-0.2, 0) is 9.53 Å². The fourth-order valence-electron chi connectivity index (χ4n) is 5.29. The largest absolute Gasteiger partial charge is 0.392 e. The minimum atomic E-state index is -2.16. The molecule has 0 radical (unpaired) electrons. The average Bonchev–Trinajstić information content (AvgIpc) is 2.95. The second kappa shape index (κ2) is 6.49. The summed E-state index contributed by atoms with van der Waals surface area (Å²) in [7, 11) is 1.49. The minimum absolute atomic E-state index is 0.0296. The first-order chi connectivity index (χ1) is 12.4. The predicted octanol–water partition coefficient (Wildman–Crippen LogP) is 1.12. The van der Waals surface area contributed by atoms with E-state index in [1.165, 1.54) is 20.1 Å². The summed E-state index contributed by atoms with van der Waals surface area (Å²) in [6, 6.07) is 0. The number of Topliss-reactive ketones (excluding diaryl/α,β-unsaturated/α-hetero) is 1. The summed E-state index contributed by atoms with van der Waals surface area (Å²) in [5, 5.41) is 44.8. The summed E-state index contributed by atoms with van der Waals surface area (Å²) >= 11 is 0. The number of rotatable bonds is 3. The number of ketones is 1. The van der Waals surface area contributed by atoms with Crippen molar-refractivity contribution in [1.82, 2.24) is 0 Å². The van der Waals surface area contributed by atoms with Gasteiger partial charge in [-0.1, -0.05) is 20.8 Å². The molecule has 0 amide bonds. The monoisotopic (exact) mass is 380 g/mol. The van der Waals surface area contributed by atoms with Crippen molar-refractivity contribution in [2.24, 2.45) is 17.8 Å². The van der Waals surface area contributed by atoms with Crippen molar-refractivity contribution >= 4 is 5.78 Å². The van der Waals surface area contributed by atoms with Gasteiger partial charge in [0.1, 0.15) is 11.2 Å². The summed E-state index contributed by atoms with van der Waals surface area (Å²) in [5.41, 5.74) is -4.08. The summed E-state index contributed by atoms with van der Waals surface area (Å²) < 4.78 is 5.20. The maximum absolute atomic E-state index is 13.2. The molecule has 1 fully saturated rings. The lowest BCUT2D eigenvalue weighted by Gasteiger charge is -2.36. The zero-order valence-electron chi connectivity index (χ0n) is 16.8. The van der Waals surface area contributed by atoms with Gasteiger partial charge in [-0.15, -0.1) is 0 Å². The third kappa shape index (κ3) is 2.76. The van der Waals surface area contributed by atoms with Crippen molar-refractivity contribution in [3.63, 3.8) is 0 Å². The van der Waals surface area contributed by atoms with E-state index in [0.29, 0.717) is 29.6 Å². The smallest absolute Gasteiger partial charge is 0.197 e. The molecule has 0 aromatic heterocycles. The van der Waals surface area contributed by atoms with Crippen molar-refractivity contribution in [1.29, 1.82) is 0 Å². The van der Waals surface area contributed by atoms with Gasteiger partial charge in [-0.25, -0.2) is 0 Å². The highest BCUT2D eigenvalue weighted by Crippen LogP contribution is 2.53. The number of ether oxygens (including phenoxy) is 1. The Morgan fingerprint density at radius 2 is 1.93 bits per heavy atom. The number of hydrogen-bond acceptors (Lipinski definition) is 6. The third-order valence-corrected chi connectivity index (χ3v) is 7.03. The van der Waals surface area contributed by atoms with Gasteiger partial charge < -0.3 is 25.2 Å². The molecule has 0 spiro atoms. The van der Waals surface area contributed by atoms with Crippen LogP contribution in [0.3, 0.4) is 0 Å². The molecule has 2 bridgehead atoms. The second-order valence-electron chi connectivity index (χ2n) is 9.05. The van der Waals surface area contributed by atoms with E-state index in [0.717, 1.165) is 0 Å². The fraction of sp³-hybridized carbons (Fsp3) is 0.762. The van der Waals surface area contributed by atoms with Crippen LogP contribution >= 0.6 is 0 Å². The molecule has 0 aromatic carbocycles. The fourth-order valence-corrected chi connectivity index (χ4v) is 5.29. The summed E-state index contributed by atoms with van der Waals surface area (Å²) in [6.45, 7) is 7.04. The molecule has 152 valence electrons. The van der Waals surface area contributed by atoms with E-state index in [-0.39, 0.29) is 30.8 Å². The average molecular weight is 380 g/mol. The zero-order chi connectivity index (χ0) is 20.4. The van der Waals surface area contributed by atoms with E-state index in [9.17, 15) is 25.2 Å². The van der Waals surface area contributed by atoms with Crippen LogP contribution in [0.2, 0.25) is 0 Å². The Labute approximate surface area is 160 Å². The molecular formula is C21H32O6. The Bertz CT molecular complexity index is 705. The van der Waals surface area contributed by atoms with Crippen LogP contribution in [-0.4, -0.2) is 62.8 Å². The number of carbonyl (C=O) groups excluding carboxylic acids is 1. The molecule has 6 nitrogen and oxygen atoms in total. The Morgan fingerprint density at radius 1 is 1.30 bits per heavy atom. The van der Waals surface area contributed by atoms with Crippen LogP contribution in [0.5, 0.6) is 0 Å². The standard InChI is InChI=1S/C21H32O6/c1-11(2)17-14-8-16(22)12(3)13-6-7-20(25,10-27-5)15(13)9-21(26,18(17)23)19(14,4)24/h9,11-13,16,22,24-26H,6-8,10H2,1-5H3/t12-,13+,16+,19-,20+,21-/m1/s1. The lowest BCUT2D eigenvalue weighted by atomic mass is 9.77. The van der Waals surface area contributed by atoms with E-state index in [2.05, 4.69) is 0 Å². The normalized spacial score (nSPS) is 44.9. The Morgan fingerprint density at radius 3 is 2.48 bits per heavy atom. The zero-order valence-corrected chi connectivity index (χ0v) is 16.8. The van der Waals surface area contributed by atoms with Gasteiger partial charge in [-0.3, -0.25) is 4.79 Å². The number of aliphatic hydroxyl groups excluding tert-OH is 1. The van der Waals surface area contributed by atoms with Gasteiger partial charge >= 0.3 is 0 Å². The van der Waals surface area contributed by atoms with Crippen LogP contribution in [0.1, 0.15) is 47.0 Å². The Hall–Kier alpha value is -1.05. The van der Waals surface area contributed by atoms with E-state index in [4.69, 9.17) is 4.74 Å². The quantitative estimate of drug-likeness (QED) is 0.547. The van der Waals surface area contributed by atoms with Gasteiger partial charge in [0, 0.05) is 12.7 Å². The lowest BCUT2D eigenvalue weighted by molar-refractivity contribution is -0.143. The molecule has 6 atom stereocenters. The summed E-state index contributed by atoms with van der Waals surface area (Å²) in [4.78, 5) is 13.2. The maximum atomic E-state index is 13.2. The van der Waals surface area contributed by atoms with Crippen molar-refractivity contribution in [2.75, 3.05) is 13.7 Å². The van der Waals surface area contributed by atoms with Crippen molar-refractivity contribution in [3.05, 3.63) is 22.8 Å².